The lowest BCUT2D eigenvalue weighted by Gasteiger charge is -2.29. The molecule has 0 fully saturated rings. The first kappa shape index (κ1) is 25.2. The maximum absolute atomic E-state index is 5.65. The van der Waals surface area contributed by atoms with Crippen LogP contribution in [0.15, 0.2) is 114 Å². The SMILES string of the molecule is COc1ccc2c(c1)C(C)(Cc1ccccc1)C(/C=C/C=C1/N(C)c3c(ccc4ccccc34)C1(C)C)=C2C. The zero-order valence-electron chi connectivity index (χ0n) is 23.9. The van der Waals surface area contributed by atoms with Crippen LogP contribution in [0.5, 0.6) is 5.75 Å². The monoisotopic (exact) mass is 511 g/mol. The number of allylic oxidation sites excluding steroid dienone is 6. The van der Waals surface area contributed by atoms with Crippen LogP contribution in [-0.4, -0.2) is 14.2 Å². The molecule has 1 atom stereocenters. The van der Waals surface area contributed by atoms with Gasteiger partial charge in [0.15, 0.2) is 0 Å². The number of hydrogen-bond donors (Lipinski definition) is 0. The van der Waals surface area contributed by atoms with Crippen LogP contribution in [0.2, 0.25) is 0 Å². The predicted molar refractivity (Wildman–Crippen MR) is 166 cm³/mol. The van der Waals surface area contributed by atoms with Gasteiger partial charge in [0.2, 0.25) is 0 Å². The summed E-state index contributed by atoms with van der Waals surface area (Å²) in [5.74, 6) is 0.910. The molecular weight excluding hydrogens is 474 g/mol. The van der Waals surface area contributed by atoms with Gasteiger partial charge in [-0.3, -0.25) is 0 Å². The van der Waals surface area contributed by atoms with Gasteiger partial charge in [-0.15, -0.1) is 0 Å². The molecule has 39 heavy (non-hydrogen) atoms. The highest BCUT2D eigenvalue weighted by Crippen LogP contribution is 2.51. The van der Waals surface area contributed by atoms with Crippen LogP contribution >= 0.6 is 0 Å². The maximum Gasteiger partial charge on any atom is 0.119 e. The van der Waals surface area contributed by atoms with Crippen LogP contribution in [0.25, 0.3) is 16.3 Å². The quantitative estimate of drug-likeness (QED) is 0.265. The number of benzene rings is 4. The van der Waals surface area contributed by atoms with E-state index in [1.165, 1.54) is 55.6 Å². The molecule has 0 amide bonds. The number of hydrogen-bond acceptors (Lipinski definition) is 2. The van der Waals surface area contributed by atoms with Crippen LogP contribution in [0.3, 0.4) is 0 Å². The summed E-state index contributed by atoms with van der Waals surface area (Å²) in [6.07, 6.45) is 7.88. The van der Waals surface area contributed by atoms with Gasteiger partial charge in [-0.1, -0.05) is 106 Å². The van der Waals surface area contributed by atoms with Crippen LogP contribution in [0.1, 0.15) is 49.9 Å². The second-order valence-electron chi connectivity index (χ2n) is 11.7. The molecule has 4 aromatic rings. The van der Waals surface area contributed by atoms with Crippen LogP contribution < -0.4 is 9.64 Å². The lowest BCUT2D eigenvalue weighted by molar-refractivity contribution is 0.413. The Kier molecular flexibility index (Phi) is 6.03. The Morgan fingerprint density at radius 1 is 0.846 bits per heavy atom. The summed E-state index contributed by atoms with van der Waals surface area (Å²) in [4.78, 5) is 2.39. The summed E-state index contributed by atoms with van der Waals surface area (Å²) in [6.45, 7) is 9.33. The van der Waals surface area contributed by atoms with Gasteiger partial charge in [0, 0.05) is 29.0 Å². The van der Waals surface area contributed by atoms with Gasteiger partial charge in [0.1, 0.15) is 5.75 Å². The molecule has 0 spiro atoms. The van der Waals surface area contributed by atoms with E-state index in [0.29, 0.717) is 0 Å². The zero-order chi connectivity index (χ0) is 27.4. The lowest BCUT2D eigenvalue weighted by Crippen LogP contribution is -2.25. The van der Waals surface area contributed by atoms with E-state index in [1.54, 1.807) is 7.11 Å². The van der Waals surface area contributed by atoms with Gasteiger partial charge in [-0.05, 0) is 70.3 Å². The molecular formula is C37H37NO. The van der Waals surface area contributed by atoms with E-state index in [0.717, 1.165) is 12.2 Å². The van der Waals surface area contributed by atoms with Crippen molar-refractivity contribution in [3.8, 4) is 5.75 Å². The van der Waals surface area contributed by atoms with Crippen molar-refractivity contribution in [2.75, 3.05) is 19.1 Å². The molecule has 1 heterocycles. The van der Waals surface area contributed by atoms with Gasteiger partial charge in [0.05, 0.1) is 12.8 Å². The minimum atomic E-state index is -0.152. The van der Waals surface area contributed by atoms with E-state index in [4.69, 9.17) is 4.74 Å². The van der Waals surface area contributed by atoms with E-state index in [1.807, 2.05) is 0 Å². The Morgan fingerprint density at radius 2 is 1.59 bits per heavy atom. The van der Waals surface area contributed by atoms with E-state index in [2.05, 4.69) is 143 Å². The number of methoxy groups -OCH3 is 1. The molecule has 0 aromatic heterocycles. The van der Waals surface area contributed by atoms with Crippen molar-refractivity contribution in [1.29, 1.82) is 0 Å². The fourth-order valence-electron chi connectivity index (χ4n) is 7.00. The number of anilines is 1. The molecule has 0 radical (unpaired) electrons. The maximum atomic E-state index is 5.65. The van der Waals surface area contributed by atoms with Crippen molar-refractivity contribution in [1.82, 2.24) is 0 Å². The minimum absolute atomic E-state index is 0.0821. The van der Waals surface area contributed by atoms with E-state index >= 15 is 0 Å². The number of fused-ring (bicyclic) bond motifs is 4. The summed E-state index contributed by atoms with van der Waals surface area (Å²) in [5.41, 5.74) is 10.5. The van der Waals surface area contributed by atoms with Crippen LogP contribution in [0, 0.1) is 0 Å². The zero-order valence-corrected chi connectivity index (χ0v) is 23.9. The van der Waals surface area contributed by atoms with Gasteiger partial charge < -0.3 is 9.64 Å². The van der Waals surface area contributed by atoms with E-state index in [9.17, 15) is 0 Å². The summed E-state index contributed by atoms with van der Waals surface area (Å²) in [5, 5.41) is 2.60. The van der Waals surface area contributed by atoms with Gasteiger partial charge in [-0.2, -0.15) is 0 Å². The standard InChI is InChI=1S/C37H37NO/c1-25-29-21-20-28(39-6)23-33(29)37(4,24-26-13-8-7-9-14-26)31(25)17-12-18-34-36(2,3)32-22-19-27-15-10-11-16-30(27)35(32)38(34)5/h7-23H,24H2,1-6H3/b17-12+,34-18+. The Balaban J connectivity index is 1.42. The van der Waals surface area contributed by atoms with Gasteiger partial charge in [-0.25, -0.2) is 0 Å². The molecule has 2 aliphatic rings. The highest BCUT2D eigenvalue weighted by atomic mass is 16.5. The summed E-state index contributed by atoms with van der Waals surface area (Å²) in [6, 6.07) is 30.6. The van der Waals surface area contributed by atoms with Crippen LogP contribution in [-0.2, 0) is 17.3 Å². The van der Waals surface area contributed by atoms with Crippen molar-refractivity contribution in [3.63, 3.8) is 0 Å². The predicted octanol–water partition coefficient (Wildman–Crippen LogP) is 9.00. The Hall–Kier alpha value is -4.04. The summed E-state index contributed by atoms with van der Waals surface area (Å²) in [7, 11) is 3.96. The second kappa shape index (κ2) is 9.31. The number of ether oxygens (including phenoxy) is 1. The Bertz CT molecular complexity index is 1670. The third-order valence-corrected chi connectivity index (χ3v) is 9.05. The number of nitrogens with zero attached hydrogens (tertiary/aromatic N) is 1. The summed E-state index contributed by atoms with van der Waals surface area (Å²) >= 11 is 0. The average Bonchev–Trinajstić information content (AvgIpc) is 3.27. The Labute approximate surface area is 232 Å². The van der Waals surface area contributed by atoms with Gasteiger partial charge in [0.25, 0.3) is 0 Å². The Morgan fingerprint density at radius 3 is 2.36 bits per heavy atom. The average molecular weight is 512 g/mol. The second-order valence-corrected chi connectivity index (χ2v) is 11.7. The first-order valence-corrected chi connectivity index (χ1v) is 13.8. The molecule has 196 valence electrons. The molecule has 6 rings (SSSR count). The molecule has 4 aromatic carbocycles. The molecule has 1 unspecified atom stereocenters. The molecule has 2 nitrogen and oxygen atoms in total. The third kappa shape index (κ3) is 3.93. The molecule has 0 N–H and O–H groups in total. The molecule has 1 aliphatic carbocycles. The number of likely N-dealkylation sites (N-methyl/N-ethyl adjacent to an activating group) is 1. The van der Waals surface area contributed by atoms with Crippen molar-refractivity contribution in [3.05, 3.63) is 137 Å². The molecule has 2 heteroatoms. The molecule has 0 bridgehead atoms. The highest BCUT2D eigenvalue weighted by Gasteiger charge is 2.40. The van der Waals surface area contributed by atoms with Gasteiger partial charge >= 0.3 is 0 Å². The topological polar surface area (TPSA) is 12.5 Å². The first-order chi connectivity index (χ1) is 18.8. The van der Waals surface area contributed by atoms with Crippen molar-refractivity contribution >= 4 is 22.0 Å². The minimum Gasteiger partial charge on any atom is -0.497 e. The molecule has 0 saturated heterocycles. The summed E-state index contributed by atoms with van der Waals surface area (Å²) < 4.78 is 5.65. The lowest BCUT2D eigenvalue weighted by atomic mass is 9.74. The fraction of sp³-hybridized carbons (Fsp3) is 0.243. The van der Waals surface area contributed by atoms with Crippen molar-refractivity contribution < 1.29 is 4.74 Å². The molecule has 1 aliphatic heterocycles. The fourth-order valence-corrected chi connectivity index (χ4v) is 7.00. The highest BCUT2D eigenvalue weighted by molar-refractivity contribution is 5.99. The molecule has 0 saturated carbocycles. The van der Waals surface area contributed by atoms with Crippen molar-refractivity contribution in [2.24, 2.45) is 0 Å². The van der Waals surface area contributed by atoms with Crippen LogP contribution in [0.4, 0.5) is 5.69 Å². The first-order valence-electron chi connectivity index (χ1n) is 13.8. The largest absolute Gasteiger partial charge is 0.497 e. The van der Waals surface area contributed by atoms with E-state index < -0.39 is 0 Å². The third-order valence-electron chi connectivity index (χ3n) is 9.05. The number of rotatable bonds is 5. The smallest absolute Gasteiger partial charge is 0.119 e. The van der Waals surface area contributed by atoms with Crippen molar-refractivity contribution in [2.45, 2.75) is 44.9 Å². The normalized spacial score (nSPS) is 20.8. The van der Waals surface area contributed by atoms with E-state index in [-0.39, 0.29) is 10.8 Å².